The van der Waals surface area contributed by atoms with Gasteiger partial charge in [0.15, 0.2) is 0 Å². The number of nitrogens with one attached hydrogen (secondary N) is 1. The first-order chi connectivity index (χ1) is 15.7. The topological polar surface area (TPSA) is 84.8 Å². The molecular weight excluding hydrogens is 454 g/mol. The summed E-state index contributed by atoms with van der Waals surface area (Å²) in [4.78, 5) is 27.4. The van der Waals surface area contributed by atoms with Gasteiger partial charge in [-0.2, -0.15) is 8.78 Å². The Balaban J connectivity index is 1.51. The predicted octanol–water partition coefficient (Wildman–Crippen LogP) is 3.07. The number of piperazine rings is 1. The van der Waals surface area contributed by atoms with Gasteiger partial charge in [-0.1, -0.05) is 18.2 Å². The third-order valence-corrected chi connectivity index (χ3v) is 6.33. The molecule has 1 fully saturated rings. The number of aromatic nitrogens is 2. The predicted molar refractivity (Wildman–Crippen MR) is 120 cm³/mol. The summed E-state index contributed by atoms with van der Waals surface area (Å²) in [5, 5.41) is 12.3. The molecule has 0 unspecified atom stereocenters. The summed E-state index contributed by atoms with van der Waals surface area (Å²) in [7, 11) is 2.03. The van der Waals surface area contributed by atoms with E-state index in [1.165, 1.54) is 18.2 Å². The van der Waals surface area contributed by atoms with Crippen LogP contribution in [0.5, 0.6) is 0 Å². The molecular formula is C22H27ClF2N6O2. The number of benzene rings is 1. The number of aliphatic hydroxyl groups excluding tert-OH is 1. The molecule has 33 heavy (non-hydrogen) atoms. The van der Waals surface area contributed by atoms with Gasteiger partial charge in [-0.05, 0) is 37.2 Å². The van der Waals surface area contributed by atoms with Crippen molar-refractivity contribution in [3.63, 3.8) is 0 Å². The first kappa shape index (κ1) is 23.6. The largest absolute Gasteiger partial charge is 0.390 e. The lowest BCUT2D eigenvalue weighted by Gasteiger charge is -2.34. The van der Waals surface area contributed by atoms with E-state index in [0.29, 0.717) is 43.3 Å². The maximum absolute atomic E-state index is 13.9. The number of rotatable bonds is 5. The van der Waals surface area contributed by atoms with E-state index in [9.17, 15) is 13.6 Å². The fraction of sp³-hybridized carbons (Fsp3) is 0.500. The Morgan fingerprint density at radius 1 is 1.21 bits per heavy atom. The Bertz CT molecular complexity index is 1030. The lowest BCUT2D eigenvalue weighted by atomic mass is 10.0. The Labute approximate surface area is 196 Å². The minimum atomic E-state index is -3.32. The van der Waals surface area contributed by atoms with E-state index in [-0.39, 0.29) is 22.9 Å². The van der Waals surface area contributed by atoms with Crippen molar-refractivity contribution < 1.29 is 18.7 Å². The van der Waals surface area contributed by atoms with E-state index in [1.54, 1.807) is 11.0 Å². The third kappa shape index (κ3) is 5.02. The van der Waals surface area contributed by atoms with Gasteiger partial charge in [0, 0.05) is 43.3 Å². The molecule has 8 nitrogen and oxygen atoms in total. The molecule has 2 N–H and O–H groups in total. The Morgan fingerprint density at radius 3 is 2.64 bits per heavy atom. The van der Waals surface area contributed by atoms with Crippen molar-refractivity contribution in [3.05, 3.63) is 51.9 Å². The highest BCUT2D eigenvalue weighted by molar-refractivity contribution is 6.28. The number of hydrogen-bond donors (Lipinski definition) is 2. The highest BCUT2D eigenvalue weighted by Gasteiger charge is 2.33. The van der Waals surface area contributed by atoms with E-state index in [0.717, 1.165) is 18.7 Å². The summed E-state index contributed by atoms with van der Waals surface area (Å²) in [5.41, 5.74) is 1.79. The van der Waals surface area contributed by atoms with Crippen molar-refractivity contribution in [2.45, 2.75) is 32.0 Å². The highest BCUT2D eigenvalue weighted by atomic mass is 35.5. The van der Waals surface area contributed by atoms with Crippen molar-refractivity contribution in [1.29, 1.82) is 0 Å². The zero-order chi connectivity index (χ0) is 23.8. The van der Waals surface area contributed by atoms with Crippen LogP contribution >= 0.6 is 11.6 Å². The quantitative estimate of drug-likeness (QED) is 0.640. The summed E-state index contributed by atoms with van der Waals surface area (Å²) in [6.45, 7) is 4.25. The highest BCUT2D eigenvalue weighted by Crippen LogP contribution is 2.33. The van der Waals surface area contributed by atoms with Crippen LogP contribution in [-0.2, 0) is 19.0 Å². The van der Waals surface area contributed by atoms with Crippen LogP contribution in [0.1, 0.15) is 35.3 Å². The van der Waals surface area contributed by atoms with Gasteiger partial charge < -0.3 is 25.1 Å². The van der Waals surface area contributed by atoms with Crippen molar-refractivity contribution in [1.82, 2.24) is 24.7 Å². The van der Waals surface area contributed by atoms with E-state index >= 15 is 0 Å². The minimum absolute atomic E-state index is 0.0462. The second-order valence-electron chi connectivity index (χ2n) is 8.55. The van der Waals surface area contributed by atoms with E-state index < -0.39 is 12.5 Å². The van der Waals surface area contributed by atoms with Crippen molar-refractivity contribution in [2.75, 3.05) is 45.2 Å². The molecule has 0 aliphatic carbocycles. The molecule has 2 aliphatic heterocycles. The zero-order valence-corrected chi connectivity index (χ0v) is 19.3. The molecule has 3 heterocycles. The third-order valence-electron chi connectivity index (χ3n) is 6.16. The molecule has 2 amide bonds. The molecule has 2 aliphatic rings. The van der Waals surface area contributed by atoms with Crippen LogP contribution in [0.25, 0.3) is 0 Å². The molecule has 178 valence electrons. The number of carbonyl (C=O) groups excluding carboxylic acids is 1. The zero-order valence-electron chi connectivity index (χ0n) is 18.6. The average Bonchev–Trinajstić information content (AvgIpc) is 3.23. The van der Waals surface area contributed by atoms with Gasteiger partial charge >= 0.3 is 6.03 Å². The van der Waals surface area contributed by atoms with Crippen LogP contribution in [0.15, 0.2) is 24.3 Å². The Morgan fingerprint density at radius 2 is 1.94 bits per heavy atom. The number of amides is 2. The maximum atomic E-state index is 13.9. The van der Waals surface area contributed by atoms with Gasteiger partial charge in [0.25, 0.3) is 5.92 Å². The molecule has 11 heteroatoms. The number of fused-ring (bicyclic) bond motifs is 1. The van der Waals surface area contributed by atoms with Gasteiger partial charge in [-0.25, -0.2) is 14.8 Å². The fourth-order valence-electron chi connectivity index (χ4n) is 4.09. The summed E-state index contributed by atoms with van der Waals surface area (Å²) in [6, 6.07) is 5.47. The van der Waals surface area contributed by atoms with Gasteiger partial charge in [-0.15, -0.1) is 0 Å². The molecule has 0 bridgehead atoms. The molecule has 0 radical (unpaired) electrons. The second kappa shape index (κ2) is 9.36. The number of hydrogen-bond acceptors (Lipinski definition) is 6. The molecule has 1 atom stereocenters. The SMILES string of the molecule is C[C@@H](Nc1nc(Cl)nc2c1CN(C(=O)N1CCN(C)CC1)C2)c1cccc(C(F)(F)CO)c1. The first-order valence-corrected chi connectivity index (χ1v) is 11.2. The number of likely N-dealkylation sites (N-methyl/N-ethyl adjacent to an activating group) is 1. The average molecular weight is 481 g/mol. The number of aliphatic hydroxyl groups is 1. The molecule has 2 aromatic rings. The molecule has 0 saturated carbocycles. The number of carbonyl (C=O) groups is 1. The monoisotopic (exact) mass is 480 g/mol. The summed E-state index contributed by atoms with van der Waals surface area (Å²) in [6.07, 6.45) is 0. The Kier molecular flexibility index (Phi) is 6.69. The van der Waals surface area contributed by atoms with Crippen LogP contribution in [-0.4, -0.2) is 75.6 Å². The summed E-state index contributed by atoms with van der Waals surface area (Å²) < 4.78 is 27.9. The van der Waals surface area contributed by atoms with Crippen LogP contribution < -0.4 is 5.32 Å². The number of nitrogens with zero attached hydrogens (tertiary/aromatic N) is 5. The molecule has 4 rings (SSSR count). The molecule has 1 aromatic heterocycles. The van der Waals surface area contributed by atoms with Crippen molar-refractivity contribution >= 4 is 23.4 Å². The van der Waals surface area contributed by atoms with E-state index in [1.807, 2.05) is 18.9 Å². The van der Waals surface area contributed by atoms with Crippen LogP contribution in [0.2, 0.25) is 5.28 Å². The minimum Gasteiger partial charge on any atom is -0.390 e. The number of anilines is 1. The van der Waals surface area contributed by atoms with Gasteiger partial charge in [0.1, 0.15) is 12.4 Å². The van der Waals surface area contributed by atoms with Gasteiger partial charge in [0.2, 0.25) is 5.28 Å². The fourth-order valence-corrected chi connectivity index (χ4v) is 4.28. The molecule has 0 spiro atoms. The second-order valence-corrected chi connectivity index (χ2v) is 8.89. The molecule has 1 aromatic carbocycles. The number of urea groups is 1. The van der Waals surface area contributed by atoms with Crippen LogP contribution in [0.4, 0.5) is 19.4 Å². The summed E-state index contributed by atoms with van der Waals surface area (Å²) in [5.74, 6) is -2.84. The number of halogens is 3. The van der Waals surface area contributed by atoms with Crippen LogP contribution in [0.3, 0.4) is 0 Å². The van der Waals surface area contributed by atoms with Crippen molar-refractivity contribution in [2.24, 2.45) is 0 Å². The number of alkyl halides is 2. The summed E-state index contributed by atoms with van der Waals surface area (Å²) >= 11 is 6.15. The van der Waals surface area contributed by atoms with Crippen LogP contribution in [0, 0.1) is 0 Å². The normalized spacial score (nSPS) is 17.8. The molecule has 1 saturated heterocycles. The van der Waals surface area contributed by atoms with Crippen molar-refractivity contribution in [3.8, 4) is 0 Å². The van der Waals surface area contributed by atoms with Gasteiger partial charge in [-0.3, -0.25) is 0 Å². The Hall–Kier alpha value is -2.56. The maximum Gasteiger partial charge on any atom is 0.320 e. The standard InChI is InChI=1S/C22H27ClF2N6O2/c1-14(15-4-3-5-16(10-15)22(24,25)13-32)26-19-17-11-31(12-18(17)27-20(23)28-19)21(33)30-8-6-29(2)7-9-30/h3-5,10,14,32H,6-9,11-13H2,1-2H3,(H,26,27,28)/t14-/m1/s1. The first-order valence-electron chi connectivity index (χ1n) is 10.8. The lowest BCUT2D eigenvalue weighted by molar-refractivity contribution is -0.0556. The smallest absolute Gasteiger partial charge is 0.320 e. The van der Waals surface area contributed by atoms with E-state index in [2.05, 4.69) is 20.2 Å². The lowest BCUT2D eigenvalue weighted by Crippen LogP contribution is -2.50. The van der Waals surface area contributed by atoms with Gasteiger partial charge in [0.05, 0.1) is 18.8 Å². The van der Waals surface area contributed by atoms with E-state index in [4.69, 9.17) is 16.7 Å².